The number of esters is 1. The number of carbonyl (C=O) groups excluding carboxylic acids is 2. The van der Waals surface area contributed by atoms with Crippen LogP contribution in [0, 0.1) is 0 Å². The lowest BCUT2D eigenvalue weighted by molar-refractivity contribution is -0.123. The number of carbonyl (C=O) groups is 2. The first-order valence-corrected chi connectivity index (χ1v) is 11.8. The number of hydrazone groups is 1. The van der Waals surface area contributed by atoms with Gasteiger partial charge in [0, 0.05) is 0 Å². The first-order valence-electron chi connectivity index (χ1n) is 11.8. The van der Waals surface area contributed by atoms with Gasteiger partial charge in [0.1, 0.15) is 23.0 Å². The van der Waals surface area contributed by atoms with Gasteiger partial charge < -0.3 is 18.9 Å². The summed E-state index contributed by atoms with van der Waals surface area (Å²) < 4.78 is 21.8. The molecule has 0 aliphatic carbocycles. The average molecular weight is 491 g/mol. The van der Waals surface area contributed by atoms with Gasteiger partial charge in [0.25, 0.3) is 5.91 Å². The van der Waals surface area contributed by atoms with E-state index in [9.17, 15) is 9.59 Å². The summed E-state index contributed by atoms with van der Waals surface area (Å²) in [7, 11) is 0. The molecule has 0 aliphatic heterocycles. The Balaban J connectivity index is 1.40. The zero-order valence-electron chi connectivity index (χ0n) is 20.4. The first kappa shape index (κ1) is 26.3. The summed E-state index contributed by atoms with van der Waals surface area (Å²) in [6.45, 7) is 5.06. The topological polar surface area (TPSA) is 95.5 Å². The summed E-state index contributed by atoms with van der Waals surface area (Å²) in [6, 6.07) is 20.6. The normalized spacial score (nSPS) is 10.6. The van der Waals surface area contributed by atoms with Gasteiger partial charge in [0.15, 0.2) is 6.61 Å². The summed E-state index contributed by atoms with van der Waals surface area (Å²) in [5.41, 5.74) is 3.55. The molecule has 0 saturated heterocycles. The Morgan fingerprint density at radius 3 is 2.00 bits per heavy atom. The highest BCUT2D eigenvalue weighted by Gasteiger charge is 2.09. The third kappa shape index (κ3) is 8.79. The van der Waals surface area contributed by atoms with Crippen molar-refractivity contribution >= 4 is 18.1 Å². The molecule has 0 unspecified atom stereocenters. The van der Waals surface area contributed by atoms with Crippen LogP contribution in [-0.2, 0) is 4.79 Å². The highest BCUT2D eigenvalue weighted by atomic mass is 16.5. The van der Waals surface area contributed by atoms with Crippen molar-refractivity contribution in [1.29, 1.82) is 0 Å². The van der Waals surface area contributed by atoms with Crippen LogP contribution in [-0.4, -0.2) is 37.9 Å². The lowest BCUT2D eigenvalue weighted by atomic mass is 10.2. The van der Waals surface area contributed by atoms with Crippen molar-refractivity contribution in [1.82, 2.24) is 5.43 Å². The van der Waals surface area contributed by atoms with E-state index in [0.29, 0.717) is 36.0 Å². The van der Waals surface area contributed by atoms with Crippen molar-refractivity contribution in [2.24, 2.45) is 5.10 Å². The quantitative estimate of drug-likeness (QED) is 0.119. The van der Waals surface area contributed by atoms with Crippen LogP contribution in [0.2, 0.25) is 0 Å². The molecule has 0 atom stereocenters. The molecular formula is C28H30N2O6. The van der Waals surface area contributed by atoms with Crippen molar-refractivity contribution in [2.75, 3.05) is 19.8 Å². The Hall–Kier alpha value is -4.33. The number of hydrogen-bond acceptors (Lipinski definition) is 7. The highest BCUT2D eigenvalue weighted by molar-refractivity contribution is 5.91. The molecule has 1 N–H and O–H groups in total. The zero-order chi connectivity index (χ0) is 25.6. The molecule has 3 rings (SSSR count). The molecule has 8 nitrogen and oxygen atoms in total. The van der Waals surface area contributed by atoms with Crippen LogP contribution in [0.4, 0.5) is 0 Å². The molecule has 3 aromatic rings. The van der Waals surface area contributed by atoms with Gasteiger partial charge in [-0.2, -0.15) is 5.10 Å². The van der Waals surface area contributed by atoms with Gasteiger partial charge in [-0.25, -0.2) is 10.2 Å². The van der Waals surface area contributed by atoms with Crippen LogP contribution in [0.25, 0.3) is 0 Å². The summed E-state index contributed by atoms with van der Waals surface area (Å²) in [4.78, 5) is 24.3. The Morgan fingerprint density at radius 2 is 1.36 bits per heavy atom. The summed E-state index contributed by atoms with van der Waals surface area (Å²) >= 11 is 0. The minimum atomic E-state index is -0.467. The van der Waals surface area contributed by atoms with E-state index in [1.807, 2.05) is 6.92 Å². The number of ether oxygens (including phenoxy) is 4. The third-order valence-corrected chi connectivity index (χ3v) is 4.85. The van der Waals surface area contributed by atoms with Crippen LogP contribution >= 0.6 is 0 Å². The first-order chi connectivity index (χ1) is 17.6. The molecule has 0 saturated carbocycles. The number of amides is 1. The second kappa shape index (κ2) is 14.2. The van der Waals surface area contributed by atoms with E-state index in [1.54, 1.807) is 72.8 Å². The minimum Gasteiger partial charge on any atom is -0.494 e. The van der Waals surface area contributed by atoms with Crippen molar-refractivity contribution in [2.45, 2.75) is 26.7 Å². The number of rotatable bonds is 13. The van der Waals surface area contributed by atoms with E-state index >= 15 is 0 Å². The van der Waals surface area contributed by atoms with E-state index < -0.39 is 11.9 Å². The van der Waals surface area contributed by atoms with Gasteiger partial charge in [-0.1, -0.05) is 13.3 Å². The fraction of sp³-hybridized carbons (Fsp3) is 0.250. The van der Waals surface area contributed by atoms with Gasteiger partial charge in [0.2, 0.25) is 0 Å². The van der Waals surface area contributed by atoms with E-state index in [2.05, 4.69) is 17.5 Å². The summed E-state index contributed by atoms with van der Waals surface area (Å²) in [5, 5.41) is 3.93. The lowest BCUT2D eigenvalue weighted by Gasteiger charge is -2.08. The Labute approximate surface area is 210 Å². The van der Waals surface area contributed by atoms with Gasteiger partial charge in [-0.05, 0) is 91.7 Å². The van der Waals surface area contributed by atoms with Gasteiger partial charge in [-0.15, -0.1) is 0 Å². The van der Waals surface area contributed by atoms with Crippen LogP contribution in [0.15, 0.2) is 77.9 Å². The maximum atomic E-state index is 12.3. The lowest BCUT2D eigenvalue weighted by Crippen LogP contribution is -2.24. The van der Waals surface area contributed by atoms with Crippen molar-refractivity contribution in [3.63, 3.8) is 0 Å². The predicted octanol–water partition coefficient (Wildman–Crippen LogP) is 5.01. The van der Waals surface area contributed by atoms with Crippen LogP contribution in [0.3, 0.4) is 0 Å². The maximum Gasteiger partial charge on any atom is 0.343 e. The molecule has 188 valence electrons. The van der Waals surface area contributed by atoms with E-state index in [0.717, 1.165) is 24.2 Å². The Morgan fingerprint density at radius 1 is 0.778 bits per heavy atom. The van der Waals surface area contributed by atoms with Crippen LogP contribution in [0.1, 0.15) is 42.6 Å². The minimum absolute atomic E-state index is 0.173. The smallest absolute Gasteiger partial charge is 0.343 e. The number of nitrogens with one attached hydrogen (secondary N) is 1. The fourth-order valence-electron chi connectivity index (χ4n) is 2.97. The molecule has 0 bridgehead atoms. The second-order valence-electron chi connectivity index (χ2n) is 7.67. The van der Waals surface area contributed by atoms with E-state index in [-0.39, 0.29) is 6.61 Å². The average Bonchev–Trinajstić information content (AvgIpc) is 2.90. The van der Waals surface area contributed by atoms with E-state index in [4.69, 9.17) is 18.9 Å². The maximum absolute atomic E-state index is 12.3. The van der Waals surface area contributed by atoms with Gasteiger partial charge in [-0.3, -0.25) is 4.79 Å². The number of hydrogen-bond donors (Lipinski definition) is 1. The zero-order valence-corrected chi connectivity index (χ0v) is 20.4. The van der Waals surface area contributed by atoms with Crippen LogP contribution < -0.4 is 24.4 Å². The monoisotopic (exact) mass is 490 g/mol. The molecule has 8 heteroatoms. The van der Waals surface area contributed by atoms with Crippen molar-refractivity contribution in [3.05, 3.63) is 83.9 Å². The van der Waals surface area contributed by atoms with Crippen molar-refractivity contribution < 1.29 is 28.5 Å². The van der Waals surface area contributed by atoms with Crippen molar-refractivity contribution in [3.8, 4) is 23.0 Å². The molecule has 1 amide bonds. The van der Waals surface area contributed by atoms with Gasteiger partial charge >= 0.3 is 5.97 Å². The van der Waals surface area contributed by atoms with Gasteiger partial charge in [0.05, 0.1) is 25.0 Å². The molecule has 0 aliphatic rings. The third-order valence-electron chi connectivity index (χ3n) is 4.85. The molecule has 0 radical (unpaired) electrons. The number of unbranched alkanes of at least 4 members (excludes halogenated alkanes) is 1. The second-order valence-corrected chi connectivity index (χ2v) is 7.67. The highest BCUT2D eigenvalue weighted by Crippen LogP contribution is 2.18. The predicted molar refractivity (Wildman–Crippen MR) is 137 cm³/mol. The molecule has 0 fully saturated rings. The number of nitrogens with zero attached hydrogens (tertiary/aromatic N) is 1. The summed E-state index contributed by atoms with van der Waals surface area (Å²) in [5.74, 6) is 1.55. The molecular weight excluding hydrogens is 460 g/mol. The molecule has 0 heterocycles. The van der Waals surface area contributed by atoms with E-state index in [1.165, 1.54) is 6.21 Å². The molecule has 3 aromatic carbocycles. The molecule has 0 spiro atoms. The fourth-order valence-corrected chi connectivity index (χ4v) is 2.97. The Kier molecular flexibility index (Phi) is 10.3. The largest absolute Gasteiger partial charge is 0.494 e. The standard InChI is InChI=1S/C28H30N2O6/c1-3-5-18-34-24-14-16-25(17-15-24)35-20-27(31)30-29-19-21-6-10-26(11-7-21)36-28(32)22-8-12-23(13-9-22)33-4-2/h6-17,19H,3-5,18,20H2,1-2H3,(H,30,31)/b29-19-. The molecule has 36 heavy (non-hydrogen) atoms. The SMILES string of the molecule is CCCCOc1ccc(OCC(=O)N/N=C\c2ccc(OC(=O)c3ccc(OCC)cc3)cc2)cc1. The number of benzene rings is 3. The summed E-state index contributed by atoms with van der Waals surface area (Å²) in [6.07, 6.45) is 3.56. The molecule has 0 aromatic heterocycles. The Bertz CT molecular complexity index is 1130. The van der Waals surface area contributed by atoms with Crippen LogP contribution in [0.5, 0.6) is 23.0 Å².